The Morgan fingerprint density at radius 3 is 2.26 bits per heavy atom. The molecule has 1 N–H and O–H groups in total. The lowest BCUT2D eigenvalue weighted by Crippen LogP contribution is -2.44. The fourth-order valence-electron chi connectivity index (χ4n) is 3.96. The summed E-state index contributed by atoms with van der Waals surface area (Å²) < 4.78 is 17.5. The summed E-state index contributed by atoms with van der Waals surface area (Å²) in [6, 6.07) is 16.5. The Balaban J connectivity index is 0.000000188. The third-order valence-corrected chi connectivity index (χ3v) is 7.01. The van der Waals surface area contributed by atoms with Crippen LogP contribution in [0, 0.1) is 0 Å². The zero-order valence-electron chi connectivity index (χ0n) is 24.7. The molecule has 2 aromatic carbocycles. The molecule has 232 valence electrons. The van der Waals surface area contributed by atoms with Crippen molar-refractivity contribution < 1.29 is 28.6 Å². The van der Waals surface area contributed by atoms with Gasteiger partial charge in [0.1, 0.15) is 23.9 Å². The molecule has 0 aliphatic carbocycles. The number of nitrogens with zero attached hydrogens (tertiary/aromatic N) is 4. The topological polar surface area (TPSA) is 110 Å². The molecule has 0 radical (unpaired) electrons. The molecular weight excluding hydrogens is 595 g/mol. The van der Waals surface area contributed by atoms with Gasteiger partial charge in [0, 0.05) is 58.4 Å². The lowest BCUT2D eigenvalue weighted by molar-refractivity contribution is -0.134. The molecule has 0 amide bonds. The normalized spacial score (nSPS) is 14.6. The number of furan rings is 1. The van der Waals surface area contributed by atoms with Gasteiger partial charge in [-0.3, -0.25) is 14.5 Å². The van der Waals surface area contributed by atoms with Crippen LogP contribution in [0.4, 0.5) is 0 Å². The predicted octanol–water partition coefficient (Wildman–Crippen LogP) is 5.80. The quantitative estimate of drug-likeness (QED) is 0.264. The van der Waals surface area contributed by atoms with E-state index in [1.54, 1.807) is 30.3 Å². The Labute approximate surface area is 261 Å². The van der Waals surface area contributed by atoms with Crippen molar-refractivity contribution in [3.8, 4) is 5.75 Å². The van der Waals surface area contributed by atoms with Gasteiger partial charge in [-0.25, -0.2) is 4.98 Å². The van der Waals surface area contributed by atoms with E-state index in [2.05, 4.69) is 52.7 Å². The number of halogens is 2. The summed E-state index contributed by atoms with van der Waals surface area (Å²) >= 11 is 11.7. The van der Waals surface area contributed by atoms with E-state index in [-0.39, 0.29) is 12.4 Å². The molecule has 2 fully saturated rings. The Kier molecular flexibility index (Phi) is 14.0. The van der Waals surface area contributed by atoms with Crippen LogP contribution in [0.2, 0.25) is 10.0 Å². The monoisotopic (exact) mass is 632 g/mol. The van der Waals surface area contributed by atoms with Crippen LogP contribution in [0.5, 0.6) is 5.75 Å². The number of fused-ring (bicyclic) bond motifs is 1. The van der Waals surface area contributed by atoms with Crippen molar-refractivity contribution in [1.29, 1.82) is 0 Å². The van der Waals surface area contributed by atoms with Gasteiger partial charge in [0.25, 0.3) is 5.97 Å². The van der Waals surface area contributed by atoms with Crippen LogP contribution in [-0.4, -0.2) is 83.2 Å². The van der Waals surface area contributed by atoms with Crippen LogP contribution in [0.3, 0.4) is 0 Å². The van der Waals surface area contributed by atoms with E-state index < -0.39 is 5.97 Å². The summed E-state index contributed by atoms with van der Waals surface area (Å²) in [5.74, 6) is 1.67. The first-order valence-electron chi connectivity index (χ1n) is 13.9. The van der Waals surface area contributed by atoms with Crippen LogP contribution >= 0.6 is 23.2 Å². The molecule has 2 saturated heterocycles. The van der Waals surface area contributed by atoms with E-state index in [1.165, 1.54) is 17.8 Å². The van der Waals surface area contributed by atoms with Gasteiger partial charge in [0.2, 0.25) is 0 Å². The Hall–Kier alpha value is -3.41. The van der Waals surface area contributed by atoms with Crippen molar-refractivity contribution in [1.82, 2.24) is 19.4 Å². The minimum atomic E-state index is -0.833. The number of piperazine rings is 1. The number of hydrogen-bond donors (Lipinski definition) is 1. The van der Waals surface area contributed by atoms with Crippen LogP contribution in [0.25, 0.3) is 11.0 Å². The first-order chi connectivity index (χ1) is 20.7. The lowest BCUT2D eigenvalue weighted by Gasteiger charge is -2.31. The first kappa shape index (κ1) is 34.1. The zero-order chi connectivity index (χ0) is 31.2. The fraction of sp³-hybridized carbons (Fsp3) is 0.387. The number of carbonyl (C=O) groups is 2. The maximum atomic E-state index is 10.4. The second kappa shape index (κ2) is 17.6. The van der Waals surface area contributed by atoms with E-state index in [0.717, 1.165) is 58.4 Å². The SMILES string of the molecule is C1COC1.CC(=O)O.CN1CCN(Cc2nc3ccccc3n2C)CC1.O=Cc1ccc(COc2ccc(Cl)cc2Cl)o1. The third-order valence-electron chi connectivity index (χ3n) is 6.48. The highest BCUT2D eigenvalue weighted by Crippen LogP contribution is 2.28. The maximum absolute atomic E-state index is 10.4. The number of aldehydes is 1. The summed E-state index contributed by atoms with van der Waals surface area (Å²) in [6.07, 6.45) is 1.92. The second-order valence-electron chi connectivity index (χ2n) is 9.93. The molecule has 0 spiro atoms. The van der Waals surface area contributed by atoms with Crippen molar-refractivity contribution in [3.05, 3.63) is 82.0 Å². The molecule has 0 atom stereocenters. The summed E-state index contributed by atoms with van der Waals surface area (Å²) in [7, 11) is 4.30. The number of carboxylic acid groups (broad SMARTS) is 1. The second-order valence-corrected chi connectivity index (χ2v) is 10.8. The van der Waals surface area contributed by atoms with Gasteiger partial charge < -0.3 is 28.5 Å². The van der Waals surface area contributed by atoms with Gasteiger partial charge in [-0.1, -0.05) is 35.3 Å². The molecule has 43 heavy (non-hydrogen) atoms. The van der Waals surface area contributed by atoms with Crippen LogP contribution < -0.4 is 4.74 Å². The highest BCUT2D eigenvalue weighted by Gasteiger charge is 2.16. The average Bonchev–Trinajstić information content (AvgIpc) is 3.53. The van der Waals surface area contributed by atoms with Crippen LogP contribution in [0.1, 0.15) is 35.5 Å². The maximum Gasteiger partial charge on any atom is 0.300 e. The number of ether oxygens (including phenoxy) is 2. The molecule has 0 bridgehead atoms. The van der Waals surface area contributed by atoms with Crippen molar-refractivity contribution in [2.24, 2.45) is 7.05 Å². The smallest absolute Gasteiger partial charge is 0.300 e. The van der Waals surface area contributed by atoms with Crippen molar-refractivity contribution in [2.45, 2.75) is 26.5 Å². The largest absolute Gasteiger partial charge is 0.484 e. The van der Waals surface area contributed by atoms with Gasteiger partial charge in [0.05, 0.1) is 22.6 Å². The molecule has 6 rings (SSSR count). The number of aliphatic carboxylic acids is 1. The first-order valence-corrected chi connectivity index (χ1v) is 14.6. The third kappa shape index (κ3) is 11.7. The highest BCUT2D eigenvalue weighted by molar-refractivity contribution is 6.35. The van der Waals surface area contributed by atoms with E-state index in [0.29, 0.717) is 27.8 Å². The highest BCUT2D eigenvalue weighted by atomic mass is 35.5. The van der Waals surface area contributed by atoms with Gasteiger partial charge in [0.15, 0.2) is 12.0 Å². The van der Waals surface area contributed by atoms with Crippen molar-refractivity contribution in [3.63, 3.8) is 0 Å². The van der Waals surface area contributed by atoms with Gasteiger partial charge >= 0.3 is 0 Å². The molecule has 4 heterocycles. The summed E-state index contributed by atoms with van der Waals surface area (Å²) in [5.41, 5.74) is 2.32. The predicted molar refractivity (Wildman–Crippen MR) is 167 cm³/mol. The number of aromatic nitrogens is 2. The molecule has 2 aromatic heterocycles. The molecule has 12 heteroatoms. The molecule has 2 aliphatic heterocycles. The molecule has 0 saturated carbocycles. The number of aryl methyl sites for hydroxylation is 1. The molecular formula is C31H38Cl2N4O6. The number of hydrogen-bond acceptors (Lipinski definition) is 8. The number of rotatable bonds is 6. The number of carboxylic acids is 1. The van der Waals surface area contributed by atoms with Crippen molar-refractivity contribution >= 4 is 46.5 Å². The van der Waals surface area contributed by atoms with E-state index in [9.17, 15) is 4.79 Å². The van der Waals surface area contributed by atoms with E-state index in [4.69, 9.17) is 52.0 Å². The number of benzene rings is 2. The Morgan fingerprint density at radius 1 is 1.05 bits per heavy atom. The number of likely N-dealkylation sites (N-methyl/N-ethyl adjacent to an activating group) is 1. The minimum absolute atomic E-state index is 0.204. The Morgan fingerprint density at radius 2 is 1.70 bits per heavy atom. The molecule has 4 aromatic rings. The van der Waals surface area contributed by atoms with Gasteiger partial charge in [-0.15, -0.1) is 0 Å². The standard InChI is InChI=1S/C14H20N4.C12H8Cl2O3.C3H6O.C2H4O2/c1-16-7-9-18(10-8-16)11-14-15-12-5-3-4-6-13(12)17(14)2;13-8-1-4-12(11(14)5-8)16-7-10-3-2-9(6-15)17-10;1-2-4-3-1;1-2(3)4/h3-6H,7-11H2,1-2H3;1-6H,7H2;1-3H2;1H3,(H,3,4). The average molecular weight is 634 g/mol. The minimum Gasteiger partial charge on any atom is -0.484 e. The summed E-state index contributed by atoms with van der Waals surface area (Å²) in [6.45, 7) is 8.83. The van der Waals surface area contributed by atoms with E-state index in [1.807, 2.05) is 0 Å². The number of carbonyl (C=O) groups excluding carboxylic acids is 1. The van der Waals surface area contributed by atoms with Crippen LogP contribution in [0.15, 0.2) is 59.0 Å². The Bertz CT molecular complexity index is 1440. The van der Waals surface area contributed by atoms with Gasteiger partial charge in [-0.05, 0) is 55.9 Å². The molecule has 2 aliphatic rings. The summed E-state index contributed by atoms with van der Waals surface area (Å²) in [4.78, 5) is 29.0. The lowest BCUT2D eigenvalue weighted by atomic mass is 10.3. The number of imidazole rings is 1. The van der Waals surface area contributed by atoms with Crippen molar-refractivity contribution in [2.75, 3.05) is 46.4 Å². The van der Waals surface area contributed by atoms with Gasteiger partial charge in [-0.2, -0.15) is 0 Å². The molecule has 10 nitrogen and oxygen atoms in total. The molecule has 0 unspecified atom stereocenters. The summed E-state index contributed by atoms with van der Waals surface area (Å²) in [5, 5.41) is 8.39. The zero-order valence-corrected chi connectivity index (χ0v) is 26.2. The fourth-order valence-corrected chi connectivity index (χ4v) is 4.43. The van der Waals surface area contributed by atoms with Crippen LogP contribution in [-0.2, 0) is 29.7 Å². The van der Waals surface area contributed by atoms with E-state index >= 15 is 0 Å². The number of para-hydroxylation sites is 2.